The Morgan fingerprint density at radius 1 is 1.12 bits per heavy atom. The number of carbonyl (C=O) groups excluding carboxylic acids is 1. The second-order valence-corrected chi connectivity index (χ2v) is 6.67. The van der Waals surface area contributed by atoms with Gasteiger partial charge in [0.15, 0.2) is 0 Å². The molecule has 4 rings (SSSR count). The number of pyridine rings is 1. The Morgan fingerprint density at radius 3 is 2.69 bits per heavy atom. The second-order valence-electron chi connectivity index (χ2n) is 6.67. The van der Waals surface area contributed by atoms with Crippen LogP contribution in [0.15, 0.2) is 54.9 Å². The predicted octanol–water partition coefficient (Wildman–Crippen LogP) is 4.12. The molecule has 0 aliphatic heterocycles. The molecule has 1 saturated carbocycles. The summed E-state index contributed by atoms with van der Waals surface area (Å²) in [6.07, 6.45) is 5.06. The molecule has 1 N–H and O–H groups in total. The Bertz CT molecular complexity index is 948. The maximum atomic E-state index is 13.8. The van der Waals surface area contributed by atoms with E-state index in [2.05, 4.69) is 10.3 Å². The van der Waals surface area contributed by atoms with Crippen LogP contribution in [0.25, 0.3) is 10.8 Å². The van der Waals surface area contributed by atoms with Gasteiger partial charge in [0.2, 0.25) is 5.91 Å². The van der Waals surface area contributed by atoms with E-state index in [-0.39, 0.29) is 23.4 Å². The molecule has 1 aliphatic carbocycles. The molecule has 26 heavy (non-hydrogen) atoms. The van der Waals surface area contributed by atoms with Crippen LogP contribution >= 0.6 is 0 Å². The third-order valence-electron chi connectivity index (χ3n) is 4.90. The van der Waals surface area contributed by atoms with Gasteiger partial charge >= 0.3 is 0 Å². The lowest BCUT2D eigenvalue weighted by Crippen LogP contribution is -2.27. The standard InChI is InChI=1S/C21H18F2N2O/c22-17-5-2-6-18(23)21(17)16-11-19(16)25-20(26)8-7-13-3-1-4-14-12-24-10-9-15(13)14/h1-6,9-10,12,16,19H,7-8,11H2,(H,25,26)/t16-,19-/m1/s1. The molecule has 1 aliphatic rings. The van der Waals surface area contributed by atoms with Crippen LogP contribution in [0.1, 0.15) is 29.9 Å². The normalized spacial score (nSPS) is 18.7. The summed E-state index contributed by atoms with van der Waals surface area (Å²) in [5, 5.41) is 5.03. The van der Waals surface area contributed by atoms with Gasteiger partial charge < -0.3 is 5.32 Å². The molecule has 3 aromatic rings. The third-order valence-corrected chi connectivity index (χ3v) is 4.90. The van der Waals surface area contributed by atoms with E-state index in [1.807, 2.05) is 24.3 Å². The van der Waals surface area contributed by atoms with E-state index >= 15 is 0 Å². The first kappa shape index (κ1) is 16.6. The van der Waals surface area contributed by atoms with Crippen LogP contribution in [-0.2, 0) is 11.2 Å². The minimum absolute atomic E-state index is 0.0827. The van der Waals surface area contributed by atoms with Crippen molar-refractivity contribution in [2.45, 2.75) is 31.2 Å². The van der Waals surface area contributed by atoms with Crippen LogP contribution < -0.4 is 5.32 Å². The number of carbonyl (C=O) groups is 1. The summed E-state index contributed by atoms with van der Waals surface area (Å²) in [4.78, 5) is 16.3. The van der Waals surface area contributed by atoms with E-state index in [1.165, 1.54) is 18.2 Å². The van der Waals surface area contributed by atoms with Crippen molar-refractivity contribution >= 4 is 16.7 Å². The molecule has 3 nitrogen and oxygen atoms in total. The first-order valence-corrected chi connectivity index (χ1v) is 8.68. The first-order chi connectivity index (χ1) is 12.6. The smallest absolute Gasteiger partial charge is 0.220 e. The molecule has 132 valence electrons. The van der Waals surface area contributed by atoms with E-state index in [4.69, 9.17) is 0 Å². The van der Waals surface area contributed by atoms with Crippen LogP contribution in [0.3, 0.4) is 0 Å². The number of amides is 1. The van der Waals surface area contributed by atoms with Crippen LogP contribution in [-0.4, -0.2) is 16.9 Å². The molecule has 1 amide bonds. The minimum atomic E-state index is -0.545. The second kappa shape index (κ2) is 6.83. The average Bonchev–Trinajstić information content (AvgIpc) is 3.38. The van der Waals surface area contributed by atoms with Gasteiger partial charge in [0.25, 0.3) is 0 Å². The van der Waals surface area contributed by atoms with Crippen molar-refractivity contribution in [3.63, 3.8) is 0 Å². The van der Waals surface area contributed by atoms with Gasteiger partial charge in [0, 0.05) is 41.7 Å². The van der Waals surface area contributed by atoms with Crippen molar-refractivity contribution < 1.29 is 13.6 Å². The molecule has 5 heteroatoms. The summed E-state index contributed by atoms with van der Waals surface area (Å²) in [7, 11) is 0. The quantitative estimate of drug-likeness (QED) is 0.751. The molecule has 2 atom stereocenters. The van der Waals surface area contributed by atoms with Crippen molar-refractivity contribution in [2.75, 3.05) is 0 Å². The molecule has 0 saturated heterocycles. The van der Waals surface area contributed by atoms with Gasteiger partial charge in [0.1, 0.15) is 11.6 Å². The number of aromatic nitrogens is 1. The maximum absolute atomic E-state index is 13.8. The van der Waals surface area contributed by atoms with Crippen molar-refractivity contribution in [1.29, 1.82) is 0 Å². The Kier molecular flexibility index (Phi) is 4.37. The fraction of sp³-hybridized carbons (Fsp3) is 0.238. The fourth-order valence-electron chi connectivity index (χ4n) is 3.47. The predicted molar refractivity (Wildman–Crippen MR) is 95.7 cm³/mol. The highest BCUT2D eigenvalue weighted by molar-refractivity contribution is 5.85. The van der Waals surface area contributed by atoms with Crippen molar-refractivity contribution in [1.82, 2.24) is 10.3 Å². The van der Waals surface area contributed by atoms with Gasteiger partial charge in [-0.1, -0.05) is 24.3 Å². The number of hydrogen-bond donors (Lipinski definition) is 1. The van der Waals surface area contributed by atoms with Crippen molar-refractivity contribution in [3.8, 4) is 0 Å². The molecule has 0 bridgehead atoms. The Labute approximate surface area is 150 Å². The van der Waals surface area contributed by atoms with Gasteiger partial charge in [-0.05, 0) is 42.0 Å². The van der Waals surface area contributed by atoms with Crippen LogP contribution in [0, 0.1) is 11.6 Å². The lowest BCUT2D eigenvalue weighted by atomic mass is 10.0. The van der Waals surface area contributed by atoms with E-state index in [0.717, 1.165) is 16.3 Å². The zero-order valence-electron chi connectivity index (χ0n) is 14.1. The fourth-order valence-corrected chi connectivity index (χ4v) is 3.47. The lowest BCUT2D eigenvalue weighted by Gasteiger charge is -2.08. The molecule has 2 aromatic carbocycles. The topological polar surface area (TPSA) is 42.0 Å². The highest BCUT2D eigenvalue weighted by Crippen LogP contribution is 2.43. The molecular weight excluding hydrogens is 334 g/mol. The van der Waals surface area contributed by atoms with Gasteiger partial charge in [-0.2, -0.15) is 0 Å². The monoisotopic (exact) mass is 352 g/mol. The zero-order chi connectivity index (χ0) is 18.1. The van der Waals surface area contributed by atoms with E-state index < -0.39 is 11.6 Å². The molecular formula is C21H18F2N2O. The van der Waals surface area contributed by atoms with Crippen LogP contribution in [0.2, 0.25) is 0 Å². The summed E-state index contributed by atoms with van der Waals surface area (Å²) in [6.45, 7) is 0. The number of nitrogens with one attached hydrogen (secondary N) is 1. The largest absolute Gasteiger partial charge is 0.353 e. The molecule has 1 fully saturated rings. The summed E-state index contributed by atoms with van der Waals surface area (Å²) in [5.74, 6) is -1.46. The molecule has 1 heterocycles. The Balaban J connectivity index is 1.37. The number of aryl methyl sites for hydroxylation is 1. The Hall–Kier alpha value is -2.82. The van der Waals surface area contributed by atoms with E-state index in [9.17, 15) is 13.6 Å². The lowest BCUT2D eigenvalue weighted by molar-refractivity contribution is -0.121. The van der Waals surface area contributed by atoms with Gasteiger partial charge in [-0.15, -0.1) is 0 Å². The highest BCUT2D eigenvalue weighted by atomic mass is 19.1. The number of nitrogens with zero attached hydrogens (tertiary/aromatic N) is 1. The summed E-state index contributed by atoms with van der Waals surface area (Å²) in [5.41, 5.74) is 1.17. The average molecular weight is 352 g/mol. The number of fused-ring (bicyclic) bond motifs is 1. The molecule has 1 aromatic heterocycles. The van der Waals surface area contributed by atoms with Gasteiger partial charge in [-0.3, -0.25) is 9.78 Å². The maximum Gasteiger partial charge on any atom is 0.220 e. The summed E-state index contributed by atoms with van der Waals surface area (Å²) >= 11 is 0. The molecule has 0 spiro atoms. The third kappa shape index (κ3) is 3.29. The summed E-state index contributed by atoms with van der Waals surface area (Å²) in [6, 6.07) is 11.6. The number of halogens is 2. The number of hydrogen-bond acceptors (Lipinski definition) is 2. The molecule has 0 radical (unpaired) electrons. The summed E-state index contributed by atoms with van der Waals surface area (Å²) < 4.78 is 27.6. The minimum Gasteiger partial charge on any atom is -0.353 e. The van der Waals surface area contributed by atoms with E-state index in [0.29, 0.717) is 19.3 Å². The highest BCUT2D eigenvalue weighted by Gasteiger charge is 2.42. The Morgan fingerprint density at radius 2 is 1.88 bits per heavy atom. The number of benzene rings is 2. The van der Waals surface area contributed by atoms with Gasteiger partial charge in [-0.25, -0.2) is 8.78 Å². The van der Waals surface area contributed by atoms with Crippen LogP contribution in [0.4, 0.5) is 8.78 Å². The number of rotatable bonds is 5. The first-order valence-electron chi connectivity index (χ1n) is 8.68. The van der Waals surface area contributed by atoms with Gasteiger partial charge in [0.05, 0.1) is 0 Å². The van der Waals surface area contributed by atoms with Crippen molar-refractivity contribution in [2.24, 2.45) is 0 Å². The molecule has 0 unspecified atom stereocenters. The van der Waals surface area contributed by atoms with Crippen molar-refractivity contribution in [3.05, 3.63) is 77.6 Å². The van der Waals surface area contributed by atoms with E-state index in [1.54, 1.807) is 12.4 Å². The SMILES string of the molecule is O=C(CCc1cccc2cnccc12)N[C@@H]1C[C@H]1c1c(F)cccc1F. The van der Waals surface area contributed by atoms with Crippen LogP contribution in [0.5, 0.6) is 0 Å². The zero-order valence-corrected chi connectivity index (χ0v) is 14.1.